The Morgan fingerprint density at radius 3 is 2.35 bits per heavy atom. The van der Waals surface area contributed by atoms with E-state index in [4.69, 9.17) is 4.74 Å². The second-order valence-electron chi connectivity index (χ2n) is 5.88. The Labute approximate surface area is 123 Å². The van der Waals surface area contributed by atoms with Crippen LogP contribution in [0.2, 0.25) is 0 Å². The van der Waals surface area contributed by atoms with Gasteiger partial charge >= 0.3 is 0 Å². The minimum Gasteiger partial charge on any atom is -0.494 e. The lowest BCUT2D eigenvalue weighted by molar-refractivity contribution is 0.193. The Morgan fingerprint density at radius 1 is 1.20 bits per heavy atom. The van der Waals surface area contributed by atoms with Crippen LogP contribution in [0, 0.1) is 5.92 Å². The van der Waals surface area contributed by atoms with Gasteiger partial charge in [0.05, 0.1) is 12.7 Å². The normalized spacial score (nSPS) is 14.7. The molecule has 0 aromatic heterocycles. The molecule has 0 heterocycles. The van der Waals surface area contributed by atoms with E-state index in [2.05, 4.69) is 38.8 Å². The molecule has 2 unspecified atom stereocenters. The van der Waals surface area contributed by atoms with Gasteiger partial charge in [0.25, 0.3) is 0 Å². The van der Waals surface area contributed by atoms with Crippen LogP contribution < -0.4 is 4.74 Å². The van der Waals surface area contributed by atoms with Gasteiger partial charge in [-0.25, -0.2) is 0 Å². The van der Waals surface area contributed by atoms with Gasteiger partial charge in [-0.05, 0) is 51.4 Å². The van der Waals surface area contributed by atoms with Crippen LogP contribution in [0.4, 0.5) is 0 Å². The highest BCUT2D eigenvalue weighted by Gasteiger charge is 2.16. The number of rotatable bonds is 7. The fraction of sp³-hybridized carbons (Fsp3) is 0.647. The molecule has 0 aliphatic carbocycles. The van der Waals surface area contributed by atoms with Crippen molar-refractivity contribution in [2.75, 3.05) is 13.7 Å². The summed E-state index contributed by atoms with van der Waals surface area (Å²) in [6.07, 6.45) is -0.447. The molecule has 0 spiro atoms. The van der Waals surface area contributed by atoms with Gasteiger partial charge in [-0.15, -0.1) is 0 Å². The summed E-state index contributed by atoms with van der Waals surface area (Å²) in [6, 6.07) is 6.46. The Balaban J connectivity index is 2.97. The van der Waals surface area contributed by atoms with E-state index < -0.39 is 6.10 Å². The van der Waals surface area contributed by atoms with E-state index >= 15 is 0 Å². The molecule has 3 nitrogen and oxygen atoms in total. The van der Waals surface area contributed by atoms with Crippen molar-refractivity contribution in [3.63, 3.8) is 0 Å². The minimum atomic E-state index is -0.447. The summed E-state index contributed by atoms with van der Waals surface area (Å²) in [7, 11) is 2.13. The Morgan fingerprint density at radius 2 is 1.85 bits per heavy atom. The first-order valence-electron chi connectivity index (χ1n) is 7.50. The molecule has 114 valence electrons. The summed E-state index contributed by atoms with van der Waals surface area (Å²) in [6.45, 7) is 12.0. The van der Waals surface area contributed by atoms with Gasteiger partial charge < -0.3 is 9.84 Å². The number of aliphatic hydroxyl groups is 1. The van der Waals surface area contributed by atoms with E-state index in [-0.39, 0.29) is 0 Å². The summed E-state index contributed by atoms with van der Waals surface area (Å²) in [5.74, 6) is 1.52. The van der Waals surface area contributed by atoms with Crippen molar-refractivity contribution in [3.8, 4) is 5.75 Å². The van der Waals surface area contributed by atoms with Crippen LogP contribution >= 0.6 is 0 Å². The standard InChI is InChI=1S/C17H29NO2/c1-7-20-17-9-8-15(14(5)19)10-16(17)11-18(6)13(4)12(2)3/h8-10,12-14,19H,7,11H2,1-6H3. The lowest BCUT2D eigenvalue weighted by Crippen LogP contribution is -2.32. The lowest BCUT2D eigenvalue weighted by Gasteiger charge is -2.28. The maximum atomic E-state index is 9.75. The molecule has 2 atom stereocenters. The van der Waals surface area contributed by atoms with Crippen LogP contribution in [-0.4, -0.2) is 29.7 Å². The molecule has 1 aromatic carbocycles. The van der Waals surface area contributed by atoms with E-state index in [0.29, 0.717) is 18.6 Å². The number of nitrogens with zero attached hydrogens (tertiary/aromatic N) is 1. The molecule has 0 amide bonds. The van der Waals surface area contributed by atoms with Crippen molar-refractivity contribution in [2.45, 2.75) is 53.3 Å². The molecule has 0 aliphatic rings. The zero-order chi connectivity index (χ0) is 15.3. The van der Waals surface area contributed by atoms with E-state index in [1.807, 2.05) is 19.1 Å². The molecule has 0 aliphatic heterocycles. The van der Waals surface area contributed by atoms with E-state index in [1.54, 1.807) is 6.92 Å². The van der Waals surface area contributed by atoms with Crippen molar-refractivity contribution in [1.29, 1.82) is 0 Å². The smallest absolute Gasteiger partial charge is 0.123 e. The highest BCUT2D eigenvalue weighted by Crippen LogP contribution is 2.26. The fourth-order valence-corrected chi connectivity index (χ4v) is 2.20. The maximum Gasteiger partial charge on any atom is 0.123 e. The summed E-state index contributed by atoms with van der Waals surface area (Å²) in [5.41, 5.74) is 2.08. The second kappa shape index (κ2) is 7.65. The van der Waals surface area contributed by atoms with Gasteiger partial charge in [-0.3, -0.25) is 4.90 Å². The number of ether oxygens (including phenoxy) is 1. The third kappa shape index (κ3) is 4.50. The first kappa shape index (κ1) is 17.0. The molecular formula is C17H29NO2. The summed E-state index contributed by atoms with van der Waals surface area (Å²) < 4.78 is 5.70. The fourth-order valence-electron chi connectivity index (χ4n) is 2.20. The van der Waals surface area contributed by atoms with Crippen LogP contribution in [0.3, 0.4) is 0 Å². The summed E-state index contributed by atoms with van der Waals surface area (Å²) in [5, 5.41) is 9.75. The molecule has 20 heavy (non-hydrogen) atoms. The Hall–Kier alpha value is -1.06. The highest BCUT2D eigenvalue weighted by atomic mass is 16.5. The van der Waals surface area contributed by atoms with Gasteiger partial charge in [0.2, 0.25) is 0 Å². The van der Waals surface area contributed by atoms with Crippen molar-refractivity contribution in [1.82, 2.24) is 4.90 Å². The molecule has 3 heteroatoms. The largest absolute Gasteiger partial charge is 0.494 e. The van der Waals surface area contributed by atoms with Crippen LogP contribution in [0.5, 0.6) is 5.75 Å². The molecule has 0 fully saturated rings. The van der Waals surface area contributed by atoms with Gasteiger partial charge in [-0.2, -0.15) is 0 Å². The third-order valence-corrected chi connectivity index (χ3v) is 3.95. The number of aliphatic hydroxyl groups excluding tert-OH is 1. The second-order valence-corrected chi connectivity index (χ2v) is 5.88. The maximum absolute atomic E-state index is 9.75. The predicted octanol–water partition coefficient (Wildman–Crippen LogP) is 3.61. The Kier molecular flexibility index (Phi) is 6.50. The van der Waals surface area contributed by atoms with Gasteiger partial charge in [0, 0.05) is 18.2 Å². The third-order valence-electron chi connectivity index (χ3n) is 3.95. The molecule has 1 rings (SSSR count). The molecule has 1 N–H and O–H groups in total. The van der Waals surface area contributed by atoms with Crippen LogP contribution in [-0.2, 0) is 6.54 Å². The highest BCUT2D eigenvalue weighted by molar-refractivity contribution is 5.38. The first-order chi connectivity index (χ1) is 9.36. The van der Waals surface area contributed by atoms with E-state index in [0.717, 1.165) is 23.4 Å². The summed E-state index contributed by atoms with van der Waals surface area (Å²) >= 11 is 0. The topological polar surface area (TPSA) is 32.7 Å². The summed E-state index contributed by atoms with van der Waals surface area (Å²) in [4.78, 5) is 2.33. The van der Waals surface area contributed by atoms with E-state index in [1.165, 1.54) is 0 Å². The molecule has 0 saturated carbocycles. The molecule has 1 aromatic rings. The molecular weight excluding hydrogens is 250 g/mol. The molecule has 0 bridgehead atoms. The van der Waals surface area contributed by atoms with Crippen LogP contribution in [0.1, 0.15) is 51.8 Å². The number of benzene rings is 1. The Bertz CT molecular complexity index is 415. The van der Waals surface area contributed by atoms with Gasteiger partial charge in [-0.1, -0.05) is 19.9 Å². The lowest BCUT2D eigenvalue weighted by atomic mass is 10.0. The van der Waals surface area contributed by atoms with Crippen LogP contribution in [0.25, 0.3) is 0 Å². The van der Waals surface area contributed by atoms with Crippen molar-refractivity contribution < 1.29 is 9.84 Å². The van der Waals surface area contributed by atoms with Gasteiger partial charge in [0.15, 0.2) is 0 Å². The minimum absolute atomic E-state index is 0.447. The zero-order valence-electron chi connectivity index (χ0n) is 13.7. The SMILES string of the molecule is CCOc1ccc(C(C)O)cc1CN(C)C(C)C(C)C. The van der Waals surface area contributed by atoms with Crippen molar-refractivity contribution in [2.24, 2.45) is 5.92 Å². The molecule has 0 radical (unpaired) electrons. The zero-order valence-corrected chi connectivity index (χ0v) is 13.7. The van der Waals surface area contributed by atoms with E-state index in [9.17, 15) is 5.11 Å². The average molecular weight is 279 g/mol. The number of hydrogen-bond donors (Lipinski definition) is 1. The predicted molar refractivity (Wildman–Crippen MR) is 84.0 cm³/mol. The number of hydrogen-bond acceptors (Lipinski definition) is 3. The van der Waals surface area contributed by atoms with Crippen molar-refractivity contribution >= 4 is 0 Å². The monoisotopic (exact) mass is 279 g/mol. The van der Waals surface area contributed by atoms with Gasteiger partial charge in [0.1, 0.15) is 5.75 Å². The van der Waals surface area contributed by atoms with Crippen LogP contribution in [0.15, 0.2) is 18.2 Å². The first-order valence-corrected chi connectivity index (χ1v) is 7.50. The molecule has 0 saturated heterocycles. The quantitative estimate of drug-likeness (QED) is 0.827. The van der Waals surface area contributed by atoms with Crippen molar-refractivity contribution in [3.05, 3.63) is 29.3 Å². The average Bonchev–Trinajstić information content (AvgIpc) is 2.39.